The Kier molecular flexibility index (Phi) is 6.59. The maximum Gasteiger partial charge on any atom is 0.410 e. The lowest BCUT2D eigenvalue weighted by Gasteiger charge is -2.05. The molecular formula is C25H22N4+2. The van der Waals surface area contributed by atoms with Gasteiger partial charge in [-0.1, -0.05) is 49.1 Å². The molecule has 4 nitrogen and oxygen atoms in total. The molecule has 0 atom stereocenters. The first-order valence-electron chi connectivity index (χ1n) is 9.23. The van der Waals surface area contributed by atoms with E-state index in [1.165, 1.54) is 0 Å². The molecule has 0 radical (unpaired) electrons. The molecule has 0 unspecified atom stereocenters. The average Bonchev–Trinajstić information content (AvgIpc) is 2.79. The first kappa shape index (κ1) is 19.7. The third kappa shape index (κ3) is 4.79. The Hall–Kier alpha value is -4.10. The largest absolute Gasteiger partial charge is 0.410 e. The summed E-state index contributed by atoms with van der Waals surface area (Å²) in [4.78, 5) is 3.97. The molecule has 0 aromatic heterocycles. The molecule has 0 spiro atoms. The second-order valence-electron chi connectivity index (χ2n) is 6.20. The van der Waals surface area contributed by atoms with Crippen LogP contribution in [0.25, 0.3) is 4.85 Å². The van der Waals surface area contributed by atoms with Crippen LogP contribution in [0.4, 0.5) is 28.4 Å². The highest BCUT2D eigenvalue weighted by molar-refractivity contribution is 6.01. The summed E-state index contributed by atoms with van der Waals surface area (Å²) in [6, 6.07) is 25.2. The predicted molar refractivity (Wildman–Crippen MR) is 123 cm³/mol. The number of rotatable bonds is 7. The van der Waals surface area contributed by atoms with Crippen molar-refractivity contribution in [3.8, 4) is 6.57 Å². The monoisotopic (exact) mass is 378 g/mol. The average molecular weight is 378 g/mol. The maximum atomic E-state index is 5.69. The van der Waals surface area contributed by atoms with Gasteiger partial charge in [-0.15, -0.1) is 6.58 Å². The second kappa shape index (κ2) is 9.72. The van der Waals surface area contributed by atoms with Crippen LogP contribution in [0, 0.1) is 6.57 Å². The minimum atomic E-state index is 0.635. The molecular weight excluding hydrogens is 356 g/mol. The molecule has 0 saturated heterocycles. The Morgan fingerprint density at radius 3 is 2.17 bits per heavy atom. The molecule has 0 bridgehead atoms. The Labute approximate surface area is 171 Å². The molecule has 0 heterocycles. The number of nitrogens with zero attached hydrogens (tertiary/aromatic N) is 4. The van der Waals surface area contributed by atoms with Crippen LogP contribution in [0.1, 0.15) is 6.42 Å². The Balaban J connectivity index is 2.17. The summed E-state index contributed by atoms with van der Waals surface area (Å²) in [5, 5.41) is 8.69. The van der Waals surface area contributed by atoms with Gasteiger partial charge in [-0.2, -0.15) is 14.8 Å². The fraction of sp³-hybridized carbons (Fsp3) is 0.0400. The second-order valence-corrected chi connectivity index (χ2v) is 6.20. The van der Waals surface area contributed by atoms with Crippen LogP contribution in [0.2, 0.25) is 0 Å². The van der Waals surface area contributed by atoms with Crippen molar-refractivity contribution in [2.75, 3.05) is 0 Å². The van der Waals surface area contributed by atoms with Crippen molar-refractivity contribution in [1.82, 2.24) is 4.58 Å². The number of hydrogen-bond donors (Lipinski definition) is 0. The van der Waals surface area contributed by atoms with Gasteiger partial charge in [0.25, 0.3) is 6.57 Å². The molecule has 0 aliphatic heterocycles. The zero-order valence-electron chi connectivity index (χ0n) is 16.1. The smallest absolute Gasteiger partial charge is 0.151 e. The van der Waals surface area contributed by atoms with E-state index in [0.29, 0.717) is 17.8 Å². The van der Waals surface area contributed by atoms with Gasteiger partial charge in [0, 0.05) is 24.3 Å². The standard InChI is InChI=1S/C25H22N4/c1-4-12-22(5-2)29(23-15-10-7-11-16-23)25-19-21(17-18-24(25)26-3)28-27-20-13-8-6-9-14-20/h3-11,13-19H,1-2,12H2/q+2. The van der Waals surface area contributed by atoms with Crippen LogP contribution in [0.15, 0.2) is 114 Å². The van der Waals surface area contributed by atoms with Crippen LogP contribution in [-0.4, -0.2) is 5.71 Å². The number of benzene rings is 3. The van der Waals surface area contributed by atoms with Crippen molar-refractivity contribution in [2.45, 2.75) is 6.42 Å². The normalized spacial score (nSPS) is 11.6. The number of azo groups is 1. The van der Waals surface area contributed by atoms with E-state index in [9.17, 15) is 0 Å². The van der Waals surface area contributed by atoms with Gasteiger partial charge >= 0.3 is 11.4 Å². The van der Waals surface area contributed by atoms with Crippen molar-refractivity contribution >= 4 is 34.1 Å². The summed E-state index contributed by atoms with van der Waals surface area (Å²) in [7, 11) is 0. The Bertz CT molecular complexity index is 1100. The molecule has 3 rings (SSSR count). The minimum absolute atomic E-state index is 0.635. The van der Waals surface area contributed by atoms with E-state index in [-0.39, 0.29) is 0 Å². The summed E-state index contributed by atoms with van der Waals surface area (Å²) in [5.41, 5.74) is 4.82. The molecule has 0 amide bonds. The van der Waals surface area contributed by atoms with Crippen molar-refractivity contribution in [3.63, 3.8) is 0 Å². The van der Waals surface area contributed by atoms with E-state index in [4.69, 9.17) is 6.57 Å². The summed E-state index contributed by atoms with van der Waals surface area (Å²) in [6.45, 7) is 13.5. The molecule has 0 fully saturated rings. The number of allylic oxidation sites excluding steroid dienone is 2. The Morgan fingerprint density at radius 1 is 0.897 bits per heavy atom. The molecule has 0 saturated carbocycles. The molecule has 3 aromatic carbocycles. The summed E-state index contributed by atoms with van der Waals surface area (Å²) >= 11 is 0. The number of para-hydroxylation sites is 1. The molecule has 29 heavy (non-hydrogen) atoms. The highest BCUT2D eigenvalue weighted by Crippen LogP contribution is 2.35. The van der Waals surface area contributed by atoms with Crippen LogP contribution in [0.3, 0.4) is 0 Å². The first-order chi connectivity index (χ1) is 14.3. The zero-order chi connectivity index (χ0) is 20.5. The van der Waals surface area contributed by atoms with Crippen molar-refractivity contribution in [3.05, 3.63) is 109 Å². The van der Waals surface area contributed by atoms with E-state index in [2.05, 4.69) is 32.8 Å². The third-order valence-corrected chi connectivity index (χ3v) is 4.27. The van der Waals surface area contributed by atoms with Crippen molar-refractivity contribution in [2.24, 2.45) is 10.2 Å². The topological polar surface area (TPSA) is 32.1 Å². The van der Waals surface area contributed by atoms with E-state index in [0.717, 1.165) is 22.8 Å². The Morgan fingerprint density at radius 2 is 1.55 bits per heavy atom. The summed E-state index contributed by atoms with van der Waals surface area (Å²) < 4.78 is 2.06. The van der Waals surface area contributed by atoms with Gasteiger partial charge in [0.2, 0.25) is 5.69 Å². The van der Waals surface area contributed by atoms with Crippen LogP contribution in [0.5, 0.6) is 0 Å². The molecule has 0 aliphatic rings. The van der Waals surface area contributed by atoms with Gasteiger partial charge < -0.3 is 0 Å². The van der Waals surface area contributed by atoms with E-state index < -0.39 is 0 Å². The van der Waals surface area contributed by atoms with Gasteiger partial charge in [0.15, 0.2) is 5.71 Å². The summed E-state index contributed by atoms with van der Waals surface area (Å²) in [6.07, 6.45) is 4.29. The quantitative estimate of drug-likeness (QED) is 0.174. The third-order valence-electron chi connectivity index (χ3n) is 4.27. The lowest BCUT2D eigenvalue weighted by molar-refractivity contribution is 1.07. The van der Waals surface area contributed by atoms with Crippen LogP contribution < -0.4 is 4.58 Å². The van der Waals surface area contributed by atoms with Crippen LogP contribution in [-0.2, 0) is 0 Å². The maximum absolute atomic E-state index is 5.69. The number of hydrogen-bond acceptors (Lipinski definition) is 2. The zero-order valence-corrected chi connectivity index (χ0v) is 16.1. The molecule has 4 heteroatoms. The molecule has 0 N–H and O–H groups in total. The molecule has 0 aliphatic carbocycles. The fourth-order valence-corrected chi connectivity index (χ4v) is 2.92. The lowest BCUT2D eigenvalue weighted by atomic mass is 10.1. The lowest BCUT2D eigenvalue weighted by Crippen LogP contribution is -2.14. The van der Waals surface area contributed by atoms with E-state index in [1.54, 1.807) is 0 Å². The highest BCUT2D eigenvalue weighted by atomic mass is 15.1. The van der Waals surface area contributed by atoms with Gasteiger partial charge in [-0.3, -0.25) is 0 Å². The van der Waals surface area contributed by atoms with Gasteiger partial charge in [0.1, 0.15) is 0 Å². The van der Waals surface area contributed by atoms with Gasteiger partial charge in [0.05, 0.1) is 17.8 Å². The predicted octanol–water partition coefficient (Wildman–Crippen LogP) is 7.73. The first-order valence-corrected chi connectivity index (χ1v) is 9.23. The molecule has 140 valence electrons. The summed E-state index contributed by atoms with van der Waals surface area (Å²) in [5.74, 6) is 0. The van der Waals surface area contributed by atoms with E-state index in [1.807, 2.05) is 91.0 Å². The van der Waals surface area contributed by atoms with Crippen molar-refractivity contribution < 1.29 is 0 Å². The molecule has 3 aromatic rings. The highest BCUT2D eigenvalue weighted by Gasteiger charge is 2.27. The fourth-order valence-electron chi connectivity index (χ4n) is 2.92. The SMILES string of the molecule is C#[N+]c1ccc(N=Nc2ccccc2)cc1[N+](=C(C=C)CC=C)c1ccccc1. The van der Waals surface area contributed by atoms with E-state index >= 15 is 0 Å². The van der Waals surface area contributed by atoms with Gasteiger partial charge in [-0.05, 0) is 29.1 Å². The van der Waals surface area contributed by atoms with Crippen LogP contribution >= 0.6 is 0 Å². The van der Waals surface area contributed by atoms with Gasteiger partial charge in [-0.25, -0.2) is 0 Å². The van der Waals surface area contributed by atoms with Crippen molar-refractivity contribution in [1.29, 1.82) is 0 Å². The minimum Gasteiger partial charge on any atom is -0.151 e.